The van der Waals surface area contributed by atoms with Gasteiger partial charge in [0.25, 0.3) is 0 Å². The van der Waals surface area contributed by atoms with Crippen molar-refractivity contribution in [1.82, 2.24) is 4.90 Å². The van der Waals surface area contributed by atoms with Crippen LogP contribution in [-0.2, 0) is 25.5 Å². The summed E-state index contributed by atoms with van der Waals surface area (Å²) in [5.74, 6) is 0.392. The zero-order valence-electron chi connectivity index (χ0n) is 28.4. The number of methoxy groups -OCH3 is 2. The van der Waals surface area contributed by atoms with E-state index in [-0.39, 0.29) is 29.0 Å². The third-order valence-electron chi connectivity index (χ3n) is 8.34. The van der Waals surface area contributed by atoms with Gasteiger partial charge < -0.3 is 24.3 Å². The molecule has 8 nitrogen and oxygen atoms in total. The Morgan fingerprint density at radius 1 is 1.16 bits per heavy atom. The fraction of sp³-hybridized carbons (Fsp3) is 0.556. The molecule has 2 aliphatic heterocycles. The second kappa shape index (κ2) is 15.1. The molecule has 2 aromatic rings. The summed E-state index contributed by atoms with van der Waals surface area (Å²) in [7, 11) is 3.18. The summed E-state index contributed by atoms with van der Waals surface area (Å²) < 4.78 is 21.4. The number of aryl methyl sites for hydroxylation is 1. The van der Waals surface area contributed by atoms with Crippen LogP contribution in [0.2, 0.25) is 0 Å². The van der Waals surface area contributed by atoms with Gasteiger partial charge in [0.15, 0.2) is 0 Å². The molecule has 0 bridgehead atoms. The molecule has 2 heterocycles. The molecule has 0 aromatic heterocycles. The molecule has 242 valence electrons. The molecule has 2 fully saturated rings. The predicted molar refractivity (Wildman–Crippen MR) is 176 cm³/mol. The van der Waals surface area contributed by atoms with Crippen LogP contribution >= 0.6 is 0 Å². The monoisotopic (exact) mass is 608 g/mol. The first-order valence-electron chi connectivity index (χ1n) is 15.5. The van der Waals surface area contributed by atoms with Crippen LogP contribution in [-0.4, -0.2) is 63.0 Å². The first-order chi connectivity index (χ1) is 20.8. The normalized spacial score (nSPS) is 17.8. The van der Waals surface area contributed by atoms with Crippen LogP contribution in [0, 0.1) is 19.3 Å². The van der Waals surface area contributed by atoms with Crippen LogP contribution in [0.4, 0.5) is 5.69 Å². The molecule has 2 aliphatic rings. The molecule has 0 saturated carbocycles. The topological polar surface area (TPSA) is 86.3 Å². The van der Waals surface area contributed by atoms with E-state index in [4.69, 9.17) is 18.9 Å². The highest BCUT2D eigenvalue weighted by Gasteiger charge is 2.46. The number of ether oxygens (including phenoxy) is 4. The van der Waals surface area contributed by atoms with E-state index in [1.165, 1.54) is 41.9 Å². The van der Waals surface area contributed by atoms with Gasteiger partial charge in [0, 0.05) is 42.7 Å². The second-order valence-electron chi connectivity index (χ2n) is 12.9. The smallest absolute Gasteiger partial charge is 0.337 e. The SMILES string of the molecule is C/C=C\c1c(C)c(C)cc(OC)c1CN1CCC2(COC2)CC1c1ccc(C(=O)OC)cc1NCC.CC(=O)OC(C)(C)C. The lowest BCUT2D eigenvalue weighted by molar-refractivity contribution is -0.153. The Morgan fingerprint density at radius 3 is 2.36 bits per heavy atom. The number of hydrogen-bond acceptors (Lipinski definition) is 8. The van der Waals surface area contributed by atoms with Crippen molar-refractivity contribution < 1.29 is 28.5 Å². The lowest BCUT2D eigenvalue weighted by Gasteiger charge is -2.51. The van der Waals surface area contributed by atoms with Crippen LogP contribution in [0.15, 0.2) is 30.3 Å². The highest BCUT2D eigenvalue weighted by atomic mass is 16.6. The average molecular weight is 609 g/mol. The number of likely N-dealkylation sites (tertiary alicyclic amines) is 1. The number of rotatable bonds is 8. The summed E-state index contributed by atoms with van der Waals surface area (Å²) in [5, 5.41) is 3.51. The van der Waals surface area contributed by atoms with E-state index < -0.39 is 0 Å². The van der Waals surface area contributed by atoms with Crippen LogP contribution in [0.25, 0.3) is 6.08 Å². The van der Waals surface area contributed by atoms with Gasteiger partial charge in [-0.05, 0) is 108 Å². The molecule has 1 N–H and O–H groups in total. The molecule has 44 heavy (non-hydrogen) atoms. The Bertz CT molecular complexity index is 1340. The number of carbonyl (C=O) groups is 2. The van der Waals surface area contributed by atoms with Crippen molar-refractivity contribution in [3.63, 3.8) is 0 Å². The fourth-order valence-corrected chi connectivity index (χ4v) is 6.10. The van der Waals surface area contributed by atoms with Crippen LogP contribution in [0.3, 0.4) is 0 Å². The summed E-state index contributed by atoms with van der Waals surface area (Å²) in [6, 6.07) is 8.27. The van der Waals surface area contributed by atoms with Crippen LogP contribution in [0.1, 0.15) is 98.6 Å². The number of esters is 2. The van der Waals surface area contributed by atoms with Crippen molar-refractivity contribution in [2.75, 3.05) is 45.8 Å². The fourth-order valence-electron chi connectivity index (χ4n) is 6.10. The van der Waals surface area contributed by atoms with Gasteiger partial charge in [-0.25, -0.2) is 4.79 Å². The van der Waals surface area contributed by atoms with Crippen LogP contribution < -0.4 is 10.1 Å². The van der Waals surface area contributed by atoms with E-state index in [0.29, 0.717) is 5.56 Å². The lowest BCUT2D eigenvalue weighted by Crippen LogP contribution is -2.51. The highest BCUT2D eigenvalue weighted by molar-refractivity contribution is 5.90. The highest BCUT2D eigenvalue weighted by Crippen LogP contribution is 2.49. The van der Waals surface area contributed by atoms with Crippen molar-refractivity contribution >= 4 is 23.7 Å². The molecular weight excluding hydrogens is 556 g/mol. The van der Waals surface area contributed by atoms with Gasteiger partial charge in [0.05, 0.1) is 33.0 Å². The van der Waals surface area contributed by atoms with E-state index in [1.807, 2.05) is 32.9 Å². The number of allylic oxidation sites excluding steroid dienone is 1. The molecule has 4 rings (SSSR count). The van der Waals surface area contributed by atoms with Gasteiger partial charge in [-0.1, -0.05) is 18.2 Å². The van der Waals surface area contributed by atoms with Crippen molar-refractivity contribution in [2.45, 2.75) is 86.4 Å². The van der Waals surface area contributed by atoms with Gasteiger partial charge in [-0.3, -0.25) is 9.69 Å². The van der Waals surface area contributed by atoms with Crippen molar-refractivity contribution in [1.29, 1.82) is 0 Å². The maximum Gasteiger partial charge on any atom is 0.337 e. The first kappa shape index (κ1) is 35.1. The van der Waals surface area contributed by atoms with E-state index in [0.717, 1.165) is 57.1 Å². The van der Waals surface area contributed by atoms with Crippen molar-refractivity contribution in [2.24, 2.45) is 5.41 Å². The molecule has 0 amide bonds. The summed E-state index contributed by atoms with van der Waals surface area (Å²) >= 11 is 0. The molecule has 2 saturated heterocycles. The number of benzene rings is 2. The van der Waals surface area contributed by atoms with E-state index in [9.17, 15) is 9.59 Å². The molecule has 1 spiro atoms. The lowest BCUT2D eigenvalue weighted by atomic mass is 9.72. The second-order valence-corrected chi connectivity index (χ2v) is 12.9. The standard InChI is InChI=1S/C30H40N2O4.C6H12O2/c1-7-9-23-21(4)20(3)14-28(34-5)25(23)17-32-13-12-30(18-36-19-30)16-27(32)24-11-10-22(29(33)35-6)15-26(24)31-8-2;1-5(7)8-6(2,3)4/h7,9-11,14-15,27,31H,8,12-13,16-19H2,1-6H3;1-4H3/b9-7-;. The summed E-state index contributed by atoms with van der Waals surface area (Å²) in [6.45, 7) is 19.6. The Morgan fingerprint density at radius 2 is 1.86 bits per heavy atom. The number of nitrogens with zero attached hydrogens (tertiary/aromatic N) is 1. The number of anilines is 1. The summed E-state index contributed by atoms with van der Waals surface area (Å²) in [5.41, 5.74) is 7.66. The molecule has 1 unspecified atom stereocenters. The van der Waals surface area contributed by atoms with Gasteiger partial charge in [-0.15, -0.1) is 0 Å². The minimum absolute atomic E-state index is 0.188. The maximum absolute atomic E-state index is 12.3. The summed E-state index contributed by atoms with van der Waals surface area (Å²) in [4.78, 5) is 25.1. The predicted octanol–water partition coefficient (Wildman–Crippen LogP) is 7.27. The van der Waals surface area contributed by atoms with E-state index >= 15 is 0 Å². The Balaban J connectivity index is 0.000000583. The largest absolute Gasteiger partial charge is 0.496 e. The minimum Gasteiger partial charge on any atom is -0.496 e. The van der Waals surface area contributed by atoms with Crippen LogP contribution in [0.5, 0.6) is 5.75 Å². The zero-order chi connectivity index (χ0) is 32.7. The Labute approximate surface area is 264 Å². The maximum atomic E-state index is 12.3. The van der Waals surface area contributed by atoms with E-state index in [1.54, 1.807) is 7.11 Å². The number of hydrogen-bond donors (Lipinski definition) is 1. The third-order valence-corrected chi connectivity index (χ3v) is 8.34. The third kappa shape index (κ3) is 8.63. The zero-order valence-corrected chi connectivity index (χ0v) is 28.4. The molecular formula is C36H52N2O6. The van der Waals surface area contributed by atoms with E-state index in [2.05, 4.69) is 62.2 Å². The van der Waals surface area contributed by atoms with Gasteiger partial charge in [0.2, 0.25) is 0 Å². The summed E-state index contributed by atoms with van der Waals surface area (Å²) in [6.07, 6.45) is 6.45. The average Bonchev–Trinajstić information content (AvgIpc) is 2.95. The van der Waals surface area contributed by atoms with Gasteiger partial charge in [0.1, 0.15) is 11.4 Å². The minimum atomic E-state index is -0.328. The first-order valence-corrected chi connectivity index (χ1v) is 15.5. The van der Waals surface area contributed by atoms with Crippen molar-refractivity contribution in [3.8, 4) is 5.75 Å². The molecule has 0 aliphatic carbocycles. The molecule has 8 heteroatoms. The molecule has 2 aromatic carbocycles. The van der Waals surface area contributed by atoms with Crippen molar-refractivity contribution in [3.05, 3.63) is 63.7 Å². The Hall–Kier alpha value is -3.36. The molecule has 1 atom stereocenters. The number of nitrogens with one attached hydrogen (secondary N) is 1. The van der Waals surface area contributed by atoms with Gasteiger partial charge in [-0.2, -0.15) is 0 Å². The Kier molecular flexibility index (Phi) is 12.0. The number of piperidine rings is 1. The molecule has 0 radical (unpaired) electrons. The number of carbonyl (C=O) groups excluding carboxylic acids is 2. The quantitative estimate of drug-likeness (QED) is 0.313. The van der Waals surface area contributed by atoms with Gasteiger partial charge >= 0.3 is 11.9 Å².